The summed E-state index contributed by atoms with van der Waals surface area (Å²) in [5.41, 5.74) is 0. The van der Waals surface area contributed by atoms with Gasteiger partial charge in [-0.25, -0.2) is 0 Å². The van der Waals surface area contributed by atoms with E-state index in [-0.39, 0.29) is 42.4 Å². The number of hydrogen-bond acceptors (Lipinski definition) is 5. The first kappa shape index (κ1) is 21.6. The van der Waals surface area contributed by atoms with Crippen LogP contribution >= 0.6 is 0 Å². The Morgan fingerprint density at radius 3 is 1.81 bits per heavy atom. The number of rotatable bonds is 5. The Balaban J connectivity index is 2.18. The van der Waals surface area contributed by atoms with E-state index in [1.165, 1.54) is 6.92 Å². The molecule has 0 amide bonds. The lowest BCUT2D eigenvalue weighted by molar-refractivity contribution is -0.314. The fourth-order valence-electron chi connectivity index (χ4n) is 4.59. The number of carbonyl (C=O) groups excluding carboxylic acids is 1. The molecule has 10 atom stereocenters. The summed E-state index contributed by atoms with van der Waals surface area (Å²) in [6.07, 6.45) is 1.28. The molecule has 0 aromatic heterocycles. The number of esters is 1. The second-order valence-electron chi connectivity index (χ2n) is 8.35. The van der Waals surface area contributed by atoms with E-state index in [9.17, 15) is 4.79 Å². The van der Waals surface area contributed by atoms with Crippen LogP contribution in [0, 0.1) is 23.7 Å². The molecule has 0 radical (unpaired) electrons. The summed E-state index contributed by atoms with van der Waals surface area (Å²) in [6, 6.07) is 0. The molecule has 2 heterocycles. The fourth-order valence-corrected chi connectivity index (χ4v) is 4.59. The highest BCUT2D eigenvalue weighted by Gasteiger charge is 2.47. The Morgan fingerprint density at radius 1 is 0.808 bits per heavy atom. The van der Waals surface area contributed by atoms with Crippen LogP contribution in [0.2, 0.25) is 0 Å². The lowest BCUT2D eigenvalue weighted by atomic mass is 9.80. The van der Waals surface area contributed by atoms with Gasteiger partial charge >= 0.3 is 5.97 Å². The highest BCUT2D eigenvalue weighted by atomic mass is 16.7. The molecule has 152 valence electrons. The van der Waals surface area contributed by atoms with Gasteiger partial charge in [-0.2, -0.15) is 0 Å². The average Bonchev–Trinajstić information content (AvgIpc) is 2.60. The largest absolute Gasteiger partial charge is 0.457 e. The maximum atomic E-state index is 11.7. The second kappa shape index (κ2) is 9.03. The normalized spacial score (nSPS) is 46.8. The first-order valence-electron chi connectivity index (χ1n) is 10.3. The minimum Gasteiger partial charge on any atom is -0.457 e. The highest BCUT2D eigenvalue weighted by Crippen LogP contribution is 2.39. The molecule has 26 heavy (non-hydrogen) atoms. The SMILES string of the molecule is CCC1O[C@H](OC2[C@@H](C)[C@H](C)C(CC)O[C@@H]2C)C(OC(C)=O)[C@@H](C)[C@@H]1C. The second-order valence-corrected chi connectivity index (χ2v) is 8.35. The third kappa shape index (κ3) is 4.42. The molecular formula is C21H38O5. The van der Waals surface area contributed by atoms with Gasteiger partial charge in [-0.15, -0.1) is 0 Å². The zero-order valence-electron chi connectivity index (χ0n) is 17.7. The Kier molecular flexibility index (Phi) is 7.52. The van der Waals surface area contributed by atoms with E-state index < -0.39 is 6.29 Å². The zero-order valence-corrected chi connectivity index (χ0v) is 17.7. The van der Waals surface area contributed by atoms with E-state index in [0.717, 1.165) is 12.8 Å². The first-order chi connectivity index (χ1) is 12.2. The molecule has 2 saturated heterocycles. The van der Waals surface area contributed by atoms with Crippen LogP contribution in [0.3, 0.4) is 0 Å². The standard InChI is InChI=1S/C21H38O5/c1-9-17-11(3)13(5)19(15(7)23-17)26-21-20(24-16(8)22)14(6)12(4)18(10-2)25-21/h11-15,17-21H,9-10H2,1-8H3/t11-,12-,13-,14-,15+,17?,18?,19?,20?,21+/m0/s1. The topological polar surface area (TPSA) is 54.0 Å². The first-order valence-corrected chi connectivity index (χ1v) is 10.3. The third-order valence-electron chi connectivity index (χ3n) is 6.70. The van der Waals surface area contributed by atoms with Crippen LogP contribution in [0.15, 0.2) is 0 Å². The van der Waals surface area contributed by atoms with Crippen LogP contribution in [0.5, 0.6) is 0 Å². The van der Waals surface area contributed by atoms with Crippen LogP contribution in [-0.4, -0.2) is 42.8 Å². The van der Waals surface area contributed by atoms with Crippen LogP contribution in [0.1, 0.15) is 68.2 Å². The lowest BCUT2D eigenvalue weighted by Crippen LogP contribution is -2.56. The van der Waals surface area contributed by atoms with Gasteiger partial charge in [-0.05, 0) is 37.5 Å². The molecule has 2 aliphatic rings. The van der Waals surface area contributed by atoms with Gasteiger partial charge in [0.15, 0.2) is 12.4 Å². The van der Waals surface area contributed by atoms with Gasteiger partial charge in [0.1, 0.15) is 0 Å². The number of carbonyl (C=O) groups is 1. The van der Waals surface area contributed by atoms with E-state index in [1.54, 1.807) is 0 Å². The van der Waals surface area contributed by atoms with Crippen molar-refractivity contribution in [2.45, 2.75) is 105 Å². The summed E-state index contributed by atoms with van der Waals surface area (Å²) in [6.45, 7) is 16.5. The van der Waals surface area contributed by atoms with E-state index >= 15 is 0 Å². The van der Waals surface area contributed by atoms with E-state index in [4.69, 9.17) is 18.9 Å². The summed E-state index contributed by atoms with van der Waals surface area (Å²) in [5, 5.41) is 0. The van der Waals surface area contributed by atoms with Gasteiger partial charge in [0, 0.05) is 12.8 Å². The van der Waals surface area contributed by atoms with Crippen molar-refractivity contribution in [1.82, 2.24) is 0 Å². The van der Waals surface area contributed by atoms with Gasteiger partial charge in [-0.1, -0.05) is 41.5 Å². The highest BCUT2D eigenvalue weighted by molar-refractivity contribution is 5.66. The molecule has 0 N–H and O–H groups in total. The molecule has 0 saturated carbocycles. The Morgan fingerprint density at radius 2 is 1.31 bits per heavy atom. The predicted octanol–water partition coefficient (Wildman–Crippen LogP) is 4.18. The molecule has 2 fully saturated rings. The van der Waals surface area contributed by atoms with Crippen molar-refractivity contribution in [1.29, 1.82) is 0 Å². The van der Waals surface area contributed by atoms with Crippen molar-refractivity contribution in [3.05, 3.63) is 0 Å². The average molecular weight is 371 g/mol. The van der Waals surface area contributed by atoms with Gasteiger partial charge in [0.25, 0.3) is 0 Å². The molecule has 2 aliphatic heterocycles. The van der Waals surface area contributed by atoms with Crippen molar-refractivity contribution in [3.8, 4) is 0 Å². The molecule has 0 aromatic carbocycles. The quantitative estimate of drug-likeness (QED) is 0.680. The van der Waals surface area contributed by atoms with Gasteiger partial charge < -0.3 is 18.9 Å². The summed E-state index contributed by atoms with van der Waals surface area (Å²) in [5.74, 6) is 0.959. The minimum absolute atomic E-state index is 0.0116. The monoisotopic (exact) mass is 370 g/mol. The zero-order chi connectivity index (χ0) is 19.6. The Hall–Kier alpha value is -0.650. The summed E-state index contributed by atoms with van der Waals surface area (Å²) < 4.78 is 24.6. The number of hydrogen-bond donors (Lipinski definition) is 0. The van der Waals surface area contributed by atoms with Gasteiger partial charge in [0.05, 0.1) is 24.4 Å². The van der Waals surface area contributed by atoms with Crippen LogP contribution < -0.4 is 0 Å². The minimum atomic E-state index is -0.543. The van der Waals surface area contributed by atoms with E-state index in [2.05, 4.69) is 48.5 Å². The van der Waals surface area contributed by atoms with Gasteiger partial charge in [0.2, 0.25) is 0 Å². The van der Waals surface area contributed by atoms with E-state index in [1.807, 2.05) is 0 Å². The fraction of sp³-hybridized carbons (Fsp3) is 0.952. The van der Waals surface area contributed by atoms with Crippen molar-refractivity contribution in [2.75, 3.05) is 0 Å². The lowest BCUT2D eigenvalue weighted by Gasteiger charge is -2.48. The maximum absolute atomic E-state index is 11.7. The molecular weight excluding hydrogens is 332 g/mol. The smallest absolute Gasteiger partial charge is 0.303 e. The van der Waals surface area contributed by atoms with Gasteiger partial charge in [-0.3, -0.25) is 4.79 Å². The Bertz CT molecular complexity index is 467. The van der Waals surface area contributed by atoms with Crippen LogP contribution in [-0.2, 0) is 23.7 Å². The van der Waals surface area contributed by atoms with Crippen LogP contribution in [0.25, 0.3) is 0 Å². The Labute approximate surface area is 159 Å². The number of ether oxygens (including phenoxy) is 4. The molecule has 5 nitrogen and oxygen atoms in total. The maximum Gasteiger partial charge on any atom is 0.303 e. The van der Waals surface area contributed by atoms with Crippen molar-refractivity contribution < 1.29 is 23.7 Å². The summed E-state index contributed by atoms with van der Waals surface area (Å²) in [7, 11) is 0. The molecule has 0 aliphatic carbocycles. The molecule has 5 heteroatoms. The third-order valence-corrected chi connectivity index (χ3v) is 6.70. The van der Waals surface area contributed by atoms with Crippen molar-refractivity contribution in [3.63, 3.8) is 0 Å². The van der Waals surface area contributed by atoms with E-state index in [0.29, 0.717) is 17.8 Å². The molecule has 2 rings (SSSR count). The molecule has 4 unspecified atom stereocenters. The molecule has 0 aromatic rings. The summed E-state index contributed by atoms with van der Waals surface area (Å²) >= 11 is 0. The molecule has 0 spiro atoms. The van der Waals surface area contributed by atoms with Crippen molar-refractivity contribution >= 4 is 5.97 Å². The van der Waals surface area contributed by atoms with Crippen LogP contribution in [0.4, 0.5) is 0 Å². The molecule has 0 bridgehead atoms. The van der Waals surface area contributed by atoms with Crippen molar-refractivity contribution in [2.24, 2.45) is 23.7 Å². The summed E-state index contributed by atoms with van der Waals surface area (Å²) in [4.78, 5) is 11.7. The predicted molar refractivity (Wildman–Crippen MR) is 101 cm³/mol.